The van der Waals surface area contributed by atoms with Crippen LogP contribution in [0.25, 0.3) is 6.08 Å². The molecule has 2 rings (SSSR count). The zero-order chi connectivity index (χ0) is 21.6. The first-order valence-electron chi connectivity index (χ1n) is 8.94. The minimum Gasteiger partial charge on any atom is -0.449 e. The van der Waals surface area contributed by atoms with Crippen molar-refractivity contribution in [2.75, 3.05) is 0 Å². The molecule has 1 aromatic carbocycles. The van der Waals surface area contributed by atoms with Gasteiger partial charge in [0.1, 0.15) is 5.15 Å². The van der Waals surface area contributed by atoms with Crippen LogP contribution in [-0.4, -0.2) is 33.8 Å². The minimum atomic E-state index is -1.16. The third-order valence-corrected chi connectivity index (χ3v) is 4.42. The molecule has 1 aromatic heterocycles. The number of rotatable bonds is 7. The Morgan fingerprint density at radius 3 is 2.52 bits per heavy atom. The highest BCUT2D eigenvalue weighted by Crippen LogP contribution is 2.22. The van der Waals surface area contributed by atoms with Crippen molar-refractivity contribution in [1.82, 2.24) is 15.1 Å². The van der Waals surface area contributed by atoms with Gasteiger partial charge in [0.2, 0.25) is 0 Å². The molecule has 154 valence electrons. The van der Waals surface area contributed by atoms with Crippen LogP contribution in [-0.2, 0) is 20.9 Å². The molecule has 0 aliphatic heterocycles. The van der Waals surface area contributed by atoms with Crippen molar-refractivity contribution in [2.24, 2.45) is 11.7 Å². The molecule has 2 aromatic rings. The number of nitrogens with one attached hydrogen (secondary N) is 1. The smallest absolute Gasteiger partial charge is 0.331 e. The molecule has 1 heterocycles. The Balaban J connectivity index is 2.11. The molecule has 0 aliphatic rings. The summed E-state index contributed by atoms with van der Waals surface area (Å²) in [5.74, 6) is -1.89. The van der Waals surface area contributed by atoms with Gasteiger partial charge in [0.05, 0.1) is 12.2 Å². The van der Waals surface area contributed by atoms with Crippen molar-refractivity contribution in [1.29, 1.82) is 0 Å². The lowest BCUT2D eigenvalue weighted by atomic mass is 10.1. The Hall–Kier alpha value is -3.13. The molecule has 0 fully saturated rings. The molecule has 0 saturated carbocycles. The molecule has 3 amide bonds. The third-order valence-electron chi connectivity index (χ3n) is 4.02. The number of aryl methyl sites for hydroxylation is 1. The van der Waals surface area contributed by atoms with E-state index in [4.69, 9.17) is 22.1 Å². The summed E-state index contributed by atoms with van der Waals surface area (Å²) in [6, 6.07) is 8.69. The SMILES string of the molecule is Cc1nn(Cc2ccccc2)c(Cl)c1/C=C/C(=O)O[C@@H](C(=O)NC(N)=O)C(C)C. The predicted octanol–water partition coefficient (Wildman–Crippen LogP) is 2.67. The van der Waals surface area contributed by atoms with Crippen molar-refractivity contribution >= 4 is 35.6 Å². The number of imide groups is 1. The maximum atomic E-state index is 12.2. The third kappa shape index (κ3) is 6.18. The van der Waals surface area contributed by atoms with Crippen molar-refractivity contribution < 1.29 is 19.1 Å². The van der Waals surface area contributed by atoms with Crippen LogP contribution < -0.4 is 11.1 Å². The van der Waals surface area contributed by atoms with Crippen molar-refractivity contribution in [3.63, 3.8) is 0 Å². The van der Waals surface area contributed by atoms with Crippen molar-refractivity contribution in [3.05, 3.63) is 58.4 Å². The largest absolute Gasteiger partial charge is 0.449 e. The number of halogens is 1. The normalized spacial score (nSPS) is 12.2. The van der Waals surface area contributed by atoms with E-state index in [1.54, 1.807) is 25.5 Å². The van der Waals surface area contributed by atoms with Gasteiger partial charge in [0, 0.05) is 11.6 Å². The lowest BCUT2D eigenvalue weighted by molar-refractivity contribution is -0.153. The molecule has 8 nitrogen and oxygen atoms in total. The number of ether oxygens (including phenoxy) is 1. The molecule has 0 radical (unpaired) electrons. The summed E-state index contributed by atoms with van der Waals surface area (Å²) in [6.07, 6.45) is 1.49. The van der Waals surface area contributed by atoms with Crippen molar-refractivity contribution in [3.8, 4) is 0 Å². The lowest BCUT2D eigenvalue weighted by Gasteiger charge is -2.18. The summed E-state index contributed by atoms with van der Waals surface area (Å²) < 4.78 is 6.80. The number of carbonyl (C=O) groups excluding carboxylic acids is 3. The Labute approximate surface area is 173 Å². The van der Waals surface area contributed by atoms with E-state index < -0.39 is 24.0 Å². The topological polar surface area (TPSA) is 116 Å². The summed E-state index contributed by atoms with van der Waals surface area (Å²) in [7, 11) is 0. The van der Waals surface area contributed by atoms with E-state index in [1.807, 2.05) is 35.6 Å². The summed E-state index contributed by atoms with van der Waals surface area (Å²) in [5.41, 5.74) is 7.18. The fourth-order valence-corrected chi connectivity index (χ4v) is 2.92. The number of primary amides is 1. The highest BCUT2D eigenvalue weighted by atomic mass is 35.5. The van der Waals surface area contributed by atoms with Gasteiger partial charge in [0.15, 0.2) is 6.10 Å². The molecule has 0 bridgehead atoms. The molecule has 3 N–H and O–H groups in total. The Morgan fingerprint density at radius 1 is 1.28 bits per heavy atom. The molecular formula is C20H23ClN4O4. The molecule has 0 unspecified atom stereocenters. The van der Waals surface area contributed by atoms with E-state index >= 15 is 0 Å². The summed E-state index contributed by atoms with van der Waals surface area (Å²) >= 11 is 6.41. The van der Waals surface area contributed by atoms with Crippen LogP contribution >= 0.6 is 11.6 Å². The first kappa shape index (κ1) is 22.2. The molecule has 1 atom stereocenters. The van der Waals surface area contributed by atoms with Gasteiger partial charge in [-0.1, -0.05) is 55.8 Å². The first-order valence-corrected chi connectivity index (χ1v) is 9.32. The van der Waals surface area contributed by atoms with Gasteiger partial charge in [-0.3, -0.25) is 10.1 Å². The van der Waals surface area contributed by atoms with E-state index in [1.165, 1.54) is 6.08 Å². The van der Waals surface area contributed by atoms with Gasteiger partial charge in [0.25, 0.3) is 5.91 Å². The van der Waals surface area contributed by atoms with Crippen LogP contribution in [0.1, 0.15) is 30.7 Å². The Kier molecular flexibility index (Phi) is 7.55. The quantitative estimate of drug-likeness (QED) is 0.529. The number of urea groups is 1. The molecular weight excluding hydrogens is 396 g/mol. The average molecular weight is 419 g/mol. The van der Waals surface area contributed by atoms with E-state index in [0.29, 0.717) is 23.0 Å². The van der Waals surface area contributed by atoms with Gasteiger partial charge in [-0.15, -0.1) is 0 Å². The van der Waals surface area contributed by atoms with Crippen LogP contribution in [0, 0.1) is 12.8 Å². The van der Waals surface area contributed by atoms with Crippen LogP contribution in [0.5, 0.6) is 0 Å². The van der Waals surface area contributed by atoms with Gasteiger partial charge in [-0.2, -0.15) is 5.10 Å². The summed E-state index contributed by atoms with van der Waals surface area (Å²) in [6.45, 7) is 5.62. The van der Waals surface area contributed by atoms with E-state index in [-0.39, 0.29) is 5.92 Å². The second-order valence-corrected chi connectivity index (χ2v) is 7.08. The maximum absolute atomic E-state index is 12.2. The number of nitrogens with zero attached hydrogens (tertiary/aromatic N) is 2. The number of amides is 3. The van der Waals surface area contributed by atoms with E-state index in [9.17, 15) is 14.4 Å². The first-order chi connectivity index (χ1) is 13.7. The number of nitrogens with two attached hydrogens (primary N) is 1. The minimum absolute atomic E-state index is 0.356. The predicted molar refractivity (Wildman–Crippen MR) is 109 cm³/mol. The molecule has 0 spiro atoms. The molecule has 0 aliphatic carbocycles. The fourth-order valence-electron chi connectivity index (χ4n) is 2.62. The monoisotopic (exact) mass is 418 g/mol. The zero-order valence-electron chi connectivity index (χ0n) is 16.4. The highest BCUT2D eigenvalue weighted by Gasteiger charge is 2.26. The van der Waals surface area contributed by atoms with Gasteiger partial charge in [-0.25, -0.2) is 14.3 Å². The molecule has 29 heavy (non-hydrogen) atoms. The van der Waals surface area contributed by atoms with Crippen LogP contribution in [0.3, 0.4) is 0 Å². The molecule has 9 heteroatoms. The number of hydrogen-bond acceptors (Lipinski definition) is 5. The number of esters is 1. The Morgan fingerprint density at radius 2 is 1.93 bits per heavy atom. The van der Waals surface area contributed by atoms with Gasteiger partial charge < -0.3 is 10.5 Å². The number of aromatic nitrogens is 2. The second kappa shape index (κ2) is 9.88. The highest BCUT2D eigenvalue weighted by molar-refractivity contribution is 6.31. The summed E-state index contributed by atoms with van der Waals surface area (Å²) in [5, 5.41) is 6.69. The van der Waals surface area contributed by atoms with Crippen LogP contribution in [0.4, 0.5) is 4.79 Å². The number of hydrogen-bond donors (Lipinski definition) is 2. The van der Waals surface area contributed by atoms with Crippen molar-refractivity contribution in [2.45, 2.75) is 33.4 Å². The van der Waals surface area contributed by atoms with Gasteiger partial charge in [-0.05, 0) is 24.5 Å². The summed E-state index contributed by atoms with van der Waals surface area (Å²) in [4.78, 5) is 35.0. The molecule has 0 saturated heterocycles. The number of carbonyl (C=O) groups is 3. The average Bonchev–Trinajstić information content (AvgIpc) is 2.91. The number of benzene rings is 1. The van der Waals surface area contributed by atoms with Crippen LogP contribution in [0.2, 0.25) is 5.15 Å². The standard InChI is InChI=1S/C20H23ClN4O4/c1-12(2)17(19(27)23-20(22)28)29-16(26)10-9-15-13(3)24-25(18(15)21)11-14-7-5-4-6-8-14/h4-10,12,17H,11H2,1-3H3,(H3,22,23,27,28)/b10-9+/t17-/m1/s1. The zero-order valence-corrected chi connectivity index (χ0v) is 17.1. The van der Waals surface area contributed by atoms with E-state index in [0.717, 1.165) is 11.6 Å². The van der Waals surface area contributed by atoms with Gasteiger partial charge >= 0.3 is 12.0 Å². The van der Waals surface area contributed by atoms with Crippen LogP contribution in [0.15, 0.2) is 36.4 Å². The fraction of sp³-hybridized carbons (Fsp3) is 0.300. The van der Waals surface area contributed by atoms with E-state index in [2.05, 4.69) is 5.10 Å². The maximum Gasteiger partial charge on any atom is 0.331 e. The second-order valence-electron chi connectivity index (χ2n) is 6.72. The Bertz CT molecular complexity index is 922. The lowest BCUT2D eigenvalue weighted by Crippen LogP contribution is -2.45.